The molecule has 124 valence electrons. The molecule has 2 heterocycles. The van der Waals surface area contributed by atoms with Crippen LogP contribution in [0.25, 0.3) is 11.3 Å². The summed E-state index contributed by atoms with van der Waals surface area (Å²) < 4.78 is 4.97. The highest BCUT2D eigenvalue weighted by Crippen LogP contribution is 2.58. The standard InChI is InChI=1S/C19H20N2O3/c1-12-6-7-16(22)14(8-12)15-4-3-5-17(20-15)21-10-13-9-19(13,11-21)18(23)24-2/h3-8,13,22H,9-11H2,1-2H3/t13?,19-/m0/s1. The first-order valence-electron chi connectivity index (χ1n) is 8.14. The Bertz CT molecular complexity index is 820. The number of aromatic nitrogens is 1. The van der Waals surface area contributed by atoms with Crippen LogP contribution in [-0.4, -0.2) is 36.3 Å². The molecule has 0 bridgehead atoms. The third-order valence-corrected chi connectivity index (χ3v) is 5.22. The molecule has 2 atom stereocenters. The van der Waals surface area contributed by atoms with Gasteiger partial charge in [-0.2, -0.15) is 0 Å². The molecule has 5 nitrogen and oxygen atoms in total. The van der Waals surface area contributed by atoms with Crippen LogP contribution in [-0.2, 0) is 9.53 Å². The number of hydrogen-bond donors (Lipinski definition) is 1. The van der Waals surface area contributed by atoms with E-state index in [-0.39, 0.29) is 17.1 Å². The largest absolute Gasteiger partial charge is 0.507 e. The average molecular weight is 324 g/mol. The van der Waals surface area contributed by atoms with Crippen molar-refractivity contribution in [1.82, 2.24) is 4.98 Å². The molecule has 1 aliphatic carbocycles. The zero-order chi connectivity index (χ0) is 16.9. The molecule has 2 fully saturated rings. The minimum atomic E-state index is -0.335. The van der Waals surface area contributed by atoms with E-state index in [9.17, 15) is 9.90 Å². The molecule has 2 aliphatic rings. The second-order valence-corrected chi connectivity index (χ2v) is 6.83. The molecule has 1 saturated heterocycles. The summed E-state index contributed by atoms with van der Waals surface area (Å²) in [6, 6.07) is 11.3. The van der Waals surface area contributed by atoms with E-state index in [1.165, 1.54) is 7.11 Å². The number of carbonyl (C=O) groups is 1. The lowest BCUT2D eigenvalue weighted by Gasteiger charge is -2.21. The number of benzene rings is 1. The van der Waals surface area contributed by atoms with Gasteiger partial charge in [0.15, 0.2) is 0 Å². The van der Waals surface area contributed by atoms with Gasteiger partial charge in [0.25, 0.3) is 0 Å². The Balaban J connectivity index is 1.63. The van der Waals surface area contributed by atoms with Crippen molar-refractivity contribution in [2.24, 2.45) is 11.3 Å². The number of carbonyl (C=O) groups excluding carboxylic acids is 1. The topological polar surface area (TPSA) is 62.7 Å². The Hall–Kier alpha value is -2.56. The lowest BCUT2D eigenvalue weighted by Crippen LogP contribution is -2.29. The number of esters is 1. The van der Waals surface area contributed by atoms with E-state index in [1.807, 2.05) is 37.3 Å². The van der Waals surface area contributed by atoms with E-state index < -0.39 is 0 Å². The van der Waals surface area contributed by atoms with Gasteiger partial charge in [0, 0.05) is 18.7 Å². The number of hydrogen-bond acceptors (Lipinski definition) is 5. The molecule has 1 unspecified atom stereocenters. The van der Waals surface area contributed by atoms with Gasteiger partial charge in [-0.1, -0.05) is 17.7 Å². The third kappa shape index (κ3) is 2.23. The van der Waals surface area contributed by atoms with Gasteiger partial charge in [0.2, 0.25) is 0 Å². The van der Waals surface area contributed by atoms with E-state index in [4.69, 9.17) is 9.72 Å². The van der Waals surface area contributed by atoms with Crippen LogP contribution >= 0.6 is 0 Å². The molecule has 24 heavy (non-hydrogen) atoms. The van der Waals surface area contributed by atoms with Gasteiger partial charge < -0.3 is 14.7 Å². The summed E-state index contributed by atoms with van der Waals surface area (Å²) in [5, 5.41) is 10.1. The molecule has 2 aromatic rings. The Morgan fingerprint density at radius 1 is 1.38 bits per heavy atom. The van der Waals surface area contributed by atoms with Crippen molar-refractivity contribution >= 4 is 11.8 Å². The number of ether oxygens (including phenoxy) is 1. The average Bonchev–Trinajstić information content (AvgIpc) is 3.18. The Labute approximate surface area is 140 Å². The molecular weight excluding hydrogens is 304 g/mol. The van der Waals surface area contributed by atoms with E-state index in [0.717, 1.165) is 35.6 Å². The number of rotatable bonds is 3. The van der Waals surface area contributed by atoms with Crippen LogP contribution in [0.2, 0.25) is 0 Å². The second kappa shape index (κ2) is 5.23. The maximum atomic E-state index is 12.0. The molecule has 1 aromatic heterocycles. The third-order valence-electron chi connectivity index (χ3n) is 5.22. The van der Waals surface area contributed by atoms with Gasteiger partial charge in [-0.05, 0) is 43.5 Å². The van der Waals surface area contributed by atoms with Gasteiger partial charge in [-0.15, -0.1) is 0 Å². The summed E-state index contributed by atoms with van der Waals surface area (Å²) >= 11 is 0. The van der Waals surface area contributed by atoms with Crippen molar-refractivity contribution in [3.05, 3.63) is 42.0 Å². The number of fused-ring (bicyclic) bond motifs is 1. The van der Waals surface area contributed by atoms with E-state index in [1.54, 1.807) is 6.07 Å². The number of aromatic hydroxyl groups is 1. The number of phenols is 1. The molecule has 0 amide bonds. The second-order valence-electron chi connectivity index (χ2n) is 6.83. The van der Waals surface area contributed by atoms with Crippen molar-refractivity contribution in [3.8, 4) is 17.0 Å². The highest BCUT2D eigenvalue weighted by Gasteiger charge is 2.66. The monoisotopic (exact) mass is 324 g/mol. The predicted octanol–water partition coefficient (Wildman–Crippen LogP) is 2.76. The van der Waals surface area contributed by atoms with Crippen molar-refractivity contribution < 1.29 is 14.6 Å². The van der Waals surface area contributed by atoms with Gasteiger partial charge in [-0.25, -0.2) is 4.98 Å². The lowest BCUT2D eigenvalue weighted by molar-refractivity contribution is -0.146. The predicted molar refractivity (Wildman–Crippen MR) is 90.8 cm³/mol. The number of piperidine rings is 1. The molecule has 1 aliphatic heterocycles. The Kier molecular flexibility index (Phi) is 3.27. The Morgan fingerprint density at radius 2 is 2.21 bits per heavy atom. The minimum Gasteiger partial charge on any atom is -0.507 e. The van der Waals surface area contributed by atoms with Crippen molar-refractivity contribution in [2.75, 3.05) is 25.1 Å². The maximum absolute atomic E-state index is 12.0. The number of aryl methyl sites for hydroxylation is 1. The van der Waals surface area contributed by atoms with Crippen LogP contribution in [0.1, 0.15) is 12.0 Å². The first kappa shape index (κ1) is 15.0. The van der Waals surface area contributed by atoms with Crippen molar-refractivity contribution in [1.29, 1.82) is 0 Å². The molecule has 0 radical (unpaired) electrons. The van der Waals surface area contributed by atoms with Gasteiger partial charge in [0.1, 0.15) is 11.6 Å². The summed E-state index contributed by atoms with van der Waals surface area (Å²) in [6.07, 6.45) is 0.911. The van der Waals surface area contributed by atoms with Gasteiger partial charge in [0.05, 0.1) is 18.2 Å². The van der Waals surface area contributed by atoms with Gasteiger partial charge in [-0.3, -0.25) is 4.79 Å². The van der Waals surface area contributed by atoms with Crippen LogP contribution in [0.5, 0.6) is 5.75 Å². The van der Waals surface area contributed by atoms with Crippen LogP contribution in [0.3, 0.4) is 0 Å². The zero-order valence-corrected chi connectivity index (χ0v) is 13.8. The molecule has 1 saturated carbocycles. The molecule has 5 heteroatoms. The lowest BCUT2D eigenvalue weighted by atomic mass is 10.1. The SMILES string of the molecule is COC(=O)[C@]12CC1CN(c1cccc(-c3cc(C)ccc3O)n1)C2. The van der Waals surface area contributed by atoms with Crippen LogP contribution in [0, 0.1) is 18.3 Å². The first-order chi connectivity index (χ1) is 11.5. The van der Waals surface area contributed by atoms with Crippen LogP contribution < -0.4 is 4.90 Å². The number of methoxy groups -OCH3 is 1. The fraction of sp³-hybridized carbons (Fsp3) is 0.368. The van der Waals surface area contributed by atoms with Crippen molar-refractivity contribution in [3.63, 3.8) is 0 Å². The smallest absolute Gasteiger partial charge is 0.313 e. The summed E-state index contributed by atoms with van der Waals surface area (Å²) in [7, 11) is 1.45. The van der Waals surface area contributed by atoms with Crippen LogP contribution in [0.4, 0.5) is 5.82 Å². The molecule has 1 aromatic carbocycles. The number of anilines is 1. The number of phenolic OH excluding ortho intramolecular Hbond substituents is 1. The number of nitrogens with zero attached hydrogens (tertiary/aromatic N) is 2. The Morgan fingerprint density at radius 3 is 3.00 bits per heavy atom. The first-order valence-corrected chi connectivity index (χ1v) is 8.14. The van der Waals surface area contributed by atoms with E-state index in [2.05, 4.69) is 4.90 Å². The van der Waals surface area contributed by atoms with E-state index >= 15 is 0 Å². The normalized spacial score (nSPS) is 24.6. The van der Waals surface area contributed by atoms with Gasteiger partial charge >= 0.3 is 5.97 Å². The summed E-state index contributed by atoms with van der Waals surface area (Å²) in [6.45, 7) is 3.47. The highest BCUT2D eigenvalue weighted by atomic mass is 16.5. The van der Waals surface area contributed by atoms with E-state index in [0.29, 0.717) is 12.5 Å². The fourth-order valence-corrected chi connectivity index (χ4v) is 3.78. The summed E-state index contributed by atoms with van der Waals surface area (Å²) in [4.78, 5) is 18.9. The fourth-order valence-electron chi connectivity index (χ4n) is 3.78. The molecule has 0 spiro atoms. The summed E-state index contributed by atoms with van der Waals surface area (Å²) in [5.41, 5.74) is 2.20. The minimum absolute atomic E-state index is 0.109. The number of pyridine rings is 1. The highest BCUT2D eigenvalue weighted by molar-refractivity contribution is 5.83. The molecular formula is C19H20N2O3. The zero-order valence-electron chi connectivity index (χ0n) is 13.8. The maximum Gasteiger partial charge on any atom is 0.313 e. The summed E-state index contributed by atoms with van der Waals surface area (Å²) in [5.74, 6) is 1.31. The van der Waals surface area contributed by atoms with Crippen molar-refractivity contribution in [2.45, 2.75) is 13.3 Å². The quantitative estimate of drug-likeness (QED) is 0.880. The molecule has 1 N–H and O–H groups in total. The molecule has 4 rings (SSSR count). The van der Waals surface area contributed by atoms with Crippen LogP contribution in [0.15, 0.2) is 36.4 Å².